The largest absolute Gasteiger partial charge is 0.512 e. The van der Waals surface area contributed by atoms with Gasteiger partial charge in [0.05, 0.1) is 30.5 Å². The molecule has 0 bridgehead atoms. The van der Waals surface area contributed by atoms with Crippen LogP contribution < -0.4 is 0 Å². The summed E-state index contributed by atoms with van der Waals surface area (Å²) in [6.07, 6.45) is 8.59. The zero-order valence-electron chi connectivity index (χ0n) is 16.0. The van der Waals surface area contributed by atoms with E-state index >= 15 is 0 Å². The Hall–Kier alpha value is -0.580. The summed E-state index contributed by atoms with van der Waals surface area (Å²) in [5, 5.41) is 20.5. The second-order valence-electron chi connectivity index (χ2n) is 8.88. The molecule has 3 aliphatic rings. The molecule has 6 atom stereocenters. The highest BCUT2D eigenvalue weighted by molar-refractivity contribution is 5.07. The lowest BCUT2D eigenvalue weighted by Gasteiger charge is -2.43. The summed E-state index contributed by atoms with van der Waals surface area (Å²) in [6.45, 7) is 9.20. The Morgan fingerprint density at radius 3 is 2.64 bits per heavy atom. The molecule has 0 spiro atoms. The number of aliphatic hydroxyl groups is 2. The van der Waals surface area contributed by atoms with E-state index in [-0.39, 0.29) is 17.1 Å². The first-order valence-corrected chi connectivity index (χ1v) is 10.2. The van der Waals surface area contributed by atoms with Crippen LogP contribution in [0.5, 0.6) is 0 Å². The maximum Gasteiger partial charge on any atom is 0.157 e. The van der Waals surface area contributed by atoms with Gasteiger partial charge in [-0.3, -0.25) is 0 Å². The molecule has 25 heavy (non-hydrogen) atoms. The highest BCUT2D eigenvalue weighted by atomic mass is 16.6. The van der Waals surface area contributed by atoms with Crippen molar-refractivity contribution in [1.82, 2.24) is 0 Å². The molecule has 2 unspecified atom stereocenters. The molecule has 144 valence electrons. The van der Waals surface area contributed by atoms with Gasteiger partial charge in [0.15, 0.2) is 6.29 Å². The SMILES string of the molecule is C=C(O)C1(CO[C@@H](O)[C@H](C)[C@@H]2CCC[C@@H]3CCC(C)OCC32)CCC1. The van der Waals surface area contributed by atoms with Crippen LogP contribution in [0.25, 0.3) is 0 Å². The molecule has 2 aliphatic carbocycles. The zero-order chi connectivity index (χ0) is 18.0. The number of ether oxygens (including phenoxy) is 2. The number of rotatable bonds is 6. The van der Waals surface area contributed by atoms with E-state index in [0.29, 0.717) is 24.5 Å². The molecular formula is C21H36O4. The summed E-state index contributed by atoms with van der Waals surface area (Å²) >= 11 is 0. The molecule has 4 nitrogen and oxygen atoms in total. The molecule has 3 fully saturated rings. The third-order valence-electron chi connectivity index (χ3n) is 7.36. The topological polar surface area (TPSA) is 58.9 Å². The van der Waals surface area contributed by atoms with Crippen LogP contribution in [-0.2, 0) is 9.47 Å². The Morgan fingerprint density at radius 1 is 1.24 bits per heavy atom. The Morgan fingerprint density at radius 2 is 2.00 bits per heavy atom. The Kier molecular flexibility index (Phi) is 6.12. The van der Waals surface area contributed by atoms with Crippen LogP contribution in [0.4, 0.5) is 0 Å². The van der Waals surface area contributed by atoms with E-state index in [9.17, 15) is 10.2 Å². The fraction of sp³-hybridized carbons (Fsp3) is 0.905. The second kappa shape index (κ2) is 7.98. The van der Waals surface area contributed by atoms with Gasteiger partial charge in [-0.1, -0.05) is 32.8 Å². The highest BCUT2D eigenvalue weighted by Crippen LogP contribution is 2.47. The molecule has 1 aliphatic heterocycles. The van der Waals surface area contributed by atoms with Crippen LogP contribution in [-0.4, -0.2) is 35.8 Å². The normalized spacial score (nSPS) is 37.2. The predicted octanol–water partition coefficient (Wildman–Crippen LogP) is 4.43. The Balaban J connectivity index is 1.58. The molecule has 3 rings (SSSR count). The quantitative estimate of drug-likeness (QED) is 0.548. The van der Waals surface area contributed by atoms with Crippen LogP contribution >= 0.6 is 0 Å². The van der Waals surface area contributed by atoms with Crippen LogP contribution in [0.1, 0.15) is 65.2 Å². The maximum absolute atomic E-state index is 10.7. The van der Waals surface area contributed by atoms with Crippen molar-refractivity contribution in [3.63, 3.8) is 0 Å². The molecular weight excluding hydrogens is 316 g/mol. The van der Waals surface area contributed by atoms with E-state index in [1.165, 1.54) is 19.3 Å². The molecule has 1 heterocycles. The fourth-order valence-electron chi connectivity index (χ4n) is 5.20. The molecule has 0 aromatic heterocycles. The molecule has 2 N–H and O–H groups in total. The third kappa shape index (κ3) is 4.06. The number of aliphatic hydroxyl groups excluding tert-OH is 2. The molecule has 2 saturated carbocycles. The predicted molar refractivity (Wildman–Crippen MR) is 98.1 cm³/mol. The molecule has 0 radical (unpaired) electrons. The van der Waals surface area contributed by atoms with Gasteiger partial charge in [-0.15, -0.1) is 0 Å². The summed E-state index contributed by atoms with van der Waals surface area (Å²) in [5.41, 5.74) is -0.323. The minimum absolute atomic E-state index is 0.0916. The van der Waals surface area contributed by atoms with Gasteiger partial charge in [0.1, 0.15) is 0 Å². The lowest BCUT2D eigenvalue weighted by molar-refractivity contribution is -0.179. The van der Waals surface area contributed by atoms with E-state index in [2.05, 4.69) is 20.4 Å². The summed E-state index contributed by atoms with van der Waals surface area (Å²) in [6, 6.07) is 0. The third-order valence-corrected chi connectivity index (χ3v) is 7.36. The van der Waals surface area contributed by atoms with Gasteiger partial charge >= 0.3 is 0 Å². The second-order valence-corrected chi connectivity index (χ2v) is 8.88. The minimum Gasteiger partial charge on any atom is -0.512 e. The van der Waals surface area contributed by atoms with Gasteiger partial charge in [0.2, 0.25) is 0 Å². The first-order valence-electron chi connectivity index (χ1n) is 10.2. The summed E-state index contributed by atoms with van der Waals surface area (Å²) < 4.78 is 11.9. The standard InChI is InChI=1S/C21H36O4/c1-14-8-9-17-6-4-7-18(19(17)12-24-14)15(2)20(23)25-13-21(16(3)22)10-5-11-21/h14-15,17-20,22-23H,3-13H2,1-2H3/t14?,15-,17-,18+,19?,20-/m1/s1. The van der Waals surface area contributed by atoms with Gasteiger partial charge in [-0.2, -0.15) is 0 Å². The van der Waals surface area contributed by atoms with Crippen LogP contribution in [0.3, 0.4) is 0 Å². The summed E-state index contributed by atoms with van der Waals surface area (Å²) in [7, 11) is 0. The van der Waals surface area contributed by atoms with Crippen LogP contribution in [0.2, 0.25) is 0 Å². The smallest absolute Gasteiger partial charge is 0.157 e. The average Bonchev–Trinajstić information content (AvgIpc) is 2.74. The van der Waals surface area contributed by atoms with Crippen molar-refractivity contribution in [1.29, 1.82) is 0 Å². The van der Waals surface area contributed by atoms with Gasteiger partial charge in [0, 0.05) is 5.92 Å². The first kappa shape index (κ1) is 19.2. The monoisotopic (exact) mass is 352 g/mol. The van der Waals surface area contributed by atoms with E-state index in [1.54, 1.807) is 0 Å². The number of hydrogen-bond acceptors (Lipinski definition) is 4. The molecule has 0 amide bonds. The molecule has 4 heteroatoms. The van der Waals surface area contributed by atoms with E-state index < -0.39 is 6.29 Å². The Labute approximate surface area is 152 Å². The van der Waals surface area contributed by atoms with Crippen molar-refractivity contribution in [3.8, 4) is 0 Å². The van der Waals surface area contributed by atoms with Gasteiger partial charge in [-0.25, -0.2) is 0 Å². The molecule has 1 saturated heterocycles. The average molecular weight is 353 g/mol. The van der Waals surface area contributed by atoms with E-state index in [1.807, 2.05) is 0 Å². The zero-order valence-corrected chi connectivity index (χ0v) is 16.0. The Bertz CT molecular complexity index is 459. The summed E-state index contributed by atoms with van der Waals surface area (Å²) in [5.74, 6) is 2.02. The van der Waals surface area contributed by atoms with Crippen LogP contribution in [0.15, 0.2) is 12.3 Å². The van der Waals surface area contributed by atoms with Gasteiger partial charge in [-0.05, 0) is 56.8 Å². The van der Waals surface area contributed by atoms with E-state index in [4.69, 9.17) is 9.47 Å². The summed E-state index contributed by atoms with van der Waals surface area (Å²) in [4.78, 5) is 0. The first-order chi connectivity index (χ1) is 11.9. The number of fused-ring (bicyclic) bond motifs is 1. The van der Waals surface area contributed by atoms with Crippen molar-refractivity contribution in [2.75, 3.05) is 13.2 Å². The molecule has 0 aromatic carbocycles. The number of hydrogen-bond donors (Lipinski definition) is 2. The minimum atomic E-state index is -0.777. The van der Waals surface area contributed by atoms with Crippen molar-refractivity contribution in [2.24, 2.45) is 29.1 Å². The van der Waals surface area contributed by atoms with E-state index in [0.717, 1.165) is 44.6 Å². The lowest BCUT2D eigenvalue weighted by atomic mass is 9.66. The highest BCUT2D eigenvalue weighted by Gasteiger charge is 2.43. The van der Waals surface area contributed by atoms with Crippen molar-refractivity contribution < 1.29 is 19.7 Å². The lowest BCUT2D eigenvalue weighted by Crippen LogP contribution is -2.42. The van der Waals surface area contributed by atoms with Gasteiger partial charge < -0.3 is 19.7 Å². The van der Waals surface area contributed by atoms with Crippen molar-refractivity contribution >= 4 is 0 Å². The fourth-order valence-corrected chi connectivity index (χ4v) is 5.20. The van der Waals surface area contributed by atoms with Gasteiger partial charge in [0.25, 0.3) is 0 Å². The van der Waals surface area contributed by atoms with Crippen molar-refractivity contribution in [2.45, 2.75) is 77.6 Å². The van der Waals surface area contributed by atoms with Crippen LogP contribution in [0, 0.1) is 29.1 Å². The van der Waals surface area contributed by atoms with Crippen molar-refractivity contribution in [3.05, 3.63) is 12.3 Å². The molecule has 0 aromatic rings. The maximum atomic E-state index is 10.7.